The first-order valence-electron chi connectivity index (χ1n) is 31.9. The van der Waals surface area contributed by atoms with Crippen LogP contribution in [0, 0.1) is 0 Å². The molecule has 0 N–H and O–H groups in total. The Morgan fingerprint density at radius 2 is 0.255 bits per heavy atom. The van der Waals surface area contributed by atoms with E-state index in [0.717, 1.165) is 134 Å². The maximum atomic E-state index is 8.59. The fourth-order valence-electron chi connectivity index (χ4n) is 13.0. The molecule has 94 heavy (non-hydrogen) atoms. The summed E-state index contributed by atoms with van der Waals surface area (Å²) in [7, 11) is 0. The van der Waals surface area contributed by atoms with E-state index in [0.29, 0.717) is 17.2 Å². The summed E-state index contributed by atoms with van der Waals surface area (Å²) in [5, 5.41) is 0. The molecule has 3 nitrogen and oxygen atoms in total. The first-order chi connectivity index (χ1) is 46.7. The molecular formula is C90H63GeO3. The summed E-state index contributed by atoms with van der Waals surface area (Å²) in [5.41, 5.74) is 23.5. The predicted octanol–water partition coefficient (Wildman–Crippen LogP) is 24.2. The molecule has 0 amide bonds. The Bertz CT molecular complexity index is 4190. The van der Waals surface area contributed by atoms with Crippen molar-refractivity contribution in [3.8, 4) is 151 Å². The van der Waals surface area contributed by atoms with Crippen molar-refractivity contribution in [2.45, 2.75) is 0 Å². The average Bonchev–Trinajstić information content (AvgIpc) is 0.756. The van der Waals surface area contributed by atoms with Gasteiger partial charge in [0.1, 0.15) is 0 Å². The molecule has 0 saturated heterocycles. The molecule has 0 aromatic heterocycles. The molecule has 15 aromatic rings. The van der Waals surface area contributed by atoms with Crippen molar-refractivity contribution in [2.75, 3.05) is 0 Å². The summed E-state index contributed by atoms with van der Waals surface area (Å²) < 4.78 is 25.8. The Labute approximate surface area is 555 Å². The summed E-state index contributed by atoms with van der Waals surface area (Å²) in [6, 6.07) is 135. The molecule has 0 fully saturated rings. The van der Waals surface area contributed by atoms with Crippen LogP contribution in [0.15, 0.2) is 382 Å². The van der Waals surface area contributed by atoms with Gasteiger partial charge in [0, 0.05) is 0 Å². The standard InChI is InChI=1S/C90H63GeO3/c1-13-37-64(38-14-1)76-61-77(65-39-15-2-16-40-65)83(71-51-27-8-28-52-71)88(82(76)70-49-25-7-26-50-70)92-91(93-89-84(72-53-29-9-30-54-72)78(66-41-17-3-18-42-66)62-79(67-43-19-4-20-44-67)85(89)73-55-31-10-32-56-73)94-90-86(74-57-33-11-34-58-74)80(68-45-21-5-22-46-68)63-81(69-47-23-6-24-48-69)87(90)75-59-35-12-36-60-75/h1-63H. The van der Waals surface area contributed by atoms with Crippen LogP contribution >= 0.6 is 0 Å². The fraction of sp³-hybridized carbons (Fsp3) is 0. The van der Waals surface area contributed by atoms with Crippen LogP contribution in [0.2, 0.25) is 0 Å². The summed E-state index contributed by atoms with van der Waals surface area (Å²) in [5.74, 6) is 1.92. The van der Waals surface area contributed by atoms with E-state index in [1.165, 1.54) is 0 Å². The third-order valence-corrected chi connectivity index (χ3v) is 19.6. The van der Waals surface area contributed by atoms with E-state index in [1.54, 1.807) is 0 Å². The van der Waals surface area contributed by atoms with Crippen LogP contribution in [-0.4, -0.2) is 15.4 Å². The zero-order valence-electron chi connectivity index (χ0n) is 51.6. The minimum atomic E-state index is -4.50. The molecule has 0 aliphatic rings. The Morgan fingerprint density at radius 1 is 0.138 bits per heavy atom. The molecule has 0 spiro atoms. The minimum absolute atomic E-state index is 0.641. The van der Waals surface area contributed by atoms with Gasteiger partial charge in [0.2, 0.25) is 0 Å². The first kappa shape index (κ1) is 58.6. The summed E-state index contributed by atoms with van der Waals surface area (Å²) >= 11 is -4.50. The quantitative estimate of drug-likeness (QED) is 0.0802. The normalized spacial score (nSPS) is 11.1. The average molecular weight is 1270 g/mol. The SMILES string of the molecule is c1ccc(-c2cc(-c3ccccc3)c(-c3ccccc3)c([O][Ge]([O]c3c(-c4ccccc4)c(-c4ccccc4)cc(-c4ccccc4)c3-c3ccccc3)[O]c3c(-c4ccccc4)c(-c4ccccc4)cc(-c4ccccc4)c3-c3ccccc3)c2-c2ccccc2)cc1. The second-order valence-electron chi connectivity index (χ2n) is 23.1. The second kappa shape index (κ2) is 27.4. The van der Waals surface area contributed by atoms with Crippen molar-refractivity contribution in [2.24, 2.45) is 0 Å². The topological polar surface area (TPSA) is 27.7 Å². The van der Waals surface area contributed by atoms with E-state index < -0.39 is 15.4 Å². The molecule has 0 unspecified atom stereocenters. The second-order valence-corrected chi connectivity index (χ2v) is 25.4. The van der Waals surface area contributed by atoms with Gasteiger partial charge in [-0.1, -0.05) is 0 Å². The van der Waals surface area contributed by atoms with Crippen molar-refractivity contribution < 1.29 is 11.3 Å². The molecule has 0 saturated carbocycles. The van der Waals surface area contributed by atoms with Crippen LogP contribution in [0.5, 0.6) is 17.2 Å². The maximum absolute atomic E-state index is 8.59. The monoisotopic (exact) mass is 1270 g/mol. The number of hydrogen-bond donors (Lipinski definition) is 0. The molecule has 15 rings (SSSR count). The fourth-order valence-corrected chi connectivity index (χ4v) is 15.6. The van der Waals surface area contributed by atoms with Crippen molar-refractivity contribution in [1.29, 1.82) is 0 Å². The van der Waals surface area contributed by atoms with Gasteiger partial charge in [-0.25, -0.2) is 0 Å². The van der Waals surface area contributed by atoms with E-state index in [9.17, 15) is 0 Å². The zero-order chi connectivity index (χ0) is 62.8. The van der Waals surface area contributed by atoms with Gasteiger partial charge < -0.3 is 0 Å². The molecular weight excluding hydrogens is 1200 g/mol. The molecule has 4 heteroatoms. The Balaban J connectivity index is 1.13. The number of hydrogen-bond acceptors (Lipinski definition) is 3. The summed E-state index contributed by atoms with van der Waals surface area (Å²) in [4.78, 5) is 0. The Kier molecular flexibility index (Phi) is 17.1. The molecule has 0 atom stereocenters. The van der Waals surface area contributed by atoms with Crippen LogP contribution in [0.25, 0.3) is 134 Å². The van der Waals surface area contributed by atoms with Gasteiger partial charge in [-0.15, -0.1) is 0 Å². The molecule has 1 radical (unpaired) electrons. The van der Waals surface area contributed by atoms with E-state index in [4.69, 9.17) is 11.3 Å². The molecule has 15 aromatic carbocycles. The van der Waals surface area contributed by atoms with Gasteiger partial charge >= 0.3 is 560 Å². The third kappa shape index (κ3) is 12.1. The van der Waals surface area contributed by atoms with Gasteiger partial charge in [-0.2, -0.15) is 0 Å². The van der Waals surface area contributed by atoms with Crippen molar-refractivity contribution in [3.63, 3.8) is 0 Å². The van der Waals surface area contributed by atoms with E-state index in [-0.39, 0.29) is 0 Å². The van der Waals surface area contributed by atoms with Crippen LogP contribution in [0.1, 0.15) is 0 Å². The zero-order valence-corrected chi connectivity index (χ0v) is 53.7. The predicted molar refractivity (Wildman–Crippen MR) is 392 cm³/mol. The van der Waals surface area contributed by atoms with Gasteiger partial charge in [0.25, 0.3) is 0 Å². The van der Waals surface area contributed by atoms with E-state index in [2.05, 4.69) is 382 Å². The Morgan fingerprint density at radius 3 is 0.383 bits per heavy atom. The van der Waals surface area contributed by atoms with Gasteiger partial charge in [0.15, 0.2) is 0 Å². The summed E-state index contributed by atoms with van der Waals surface area (Å²) in [6.07, 6.45) is 0. The Hall–Kier alpha value is -11.8. The van der Waals surface area contributed by atoms with E-state index >= 15 is 0 Å². The van der Waals surface area contributed by atoms with Gasteiger partial charge in [-0.05, 0) is 0 Å². The molecule has 0 bridgehead atoms. The van der Waals surface area contributed by atoms with Crippen LogP contribution in [0.3, 0.4) is 0 Å². The van der Waals surface area contributed by atoms with E-state index in [1.807, 2.05) is 0 Å². The summed E-state index contributed by atoms with van der Waals surface area (Å²) in [6.45, 7) is 0. The number of rotatable bonds is 18. The van der Waals surface area contributed by atoms with Gasteiger partial charge in [-0.3, -0.25) is 0 Å². The third-order valence-electron chi connectivity index (χ3n) is 17.3. The first-order valence-corrected chi connectivity index (χ1v) is 34.5. The molecule has 0 aliphatic carbocycles. The van der Waals surface area contributed by atoms with Crippen LogP contribution in [0.4, 0.5) is 0 Å². The van der Waals surface area contributed by atoms with Crippen molar-refractivity contribution in [3.05, 3.63) is 382 Å². The van der Waals surface area contributed by atoms with Crippen molar-refractivity contribution >= 4 is 15.4 Å². The molecule has 0 heterocycles. The van der Waals surface area contributed by atoms with Crippen molar-refractivity contribution in [1.82, 2.24) is 0 Å². The number of benzene rings is 15. The van der Waals surface area contributed by atoms with Crippen LogP contribution in [-0.2, 0) is 0 Å². The molecule has 0 aliphatic heterocycles. The van der Waals surface area contributed by atoms with Crippen LogP contribution < -0.4 is 11.3 Å². The molecule has 445 valence electrons. The van der Waals surface area contributed by atoms with Gasteiger partial charge in [0.05, 0.1) is 0 Å².